The second-order valence-electron chi connectivity index (χ2n) is 3.11. The predicted molar refractivity (Wildman–Crippen MR) is 59.7 cm³/mol. The Bertz CT molecular complexity index is 482. The Labute approximate surface area is 88.4 Å². The van der Waals surface area contributed by atoms with Crippen LogP contribution in [0.1, 0.15) is 0 Å². The Kier molecular flexibility index (Phi) is 2.89. The third-order valence-electron chi connectivity index (χ3n) is 2.03. The molecular weight excluding hydrogens is 210 g/mol. The van der Waals surface area contributed by atoms with Gasteiger partial charge in [0.1, 0.15) is 13.6 Å². The second-order valence-corrected chi connectivity index (χ2v) is 4.73. The first-order valence-electron chi connectivity index (χ1n) is 4.55. The summed E-state index contributed by atoms with van der Waals surface area (Å²) < 4.78 is 24.9. The molecule has 3 heteroatoms. The van der Waals surface area contributed by atoms with Crippen LogP contribution in [0, 0.1) is 5.82 Å². The van der Waals surface area contributed by atoms with Crippen LogP contribution in [-0.2, 0) is 4.57 Å². The summed E-state index contributed by atoms with van der Waals surface area (Å²) in [6, 6.07) is 15.0. The molecule has 15 heavy (non-hydrogen) atoms. The molecule has 0 aliphatic rings. The van der Waals surface area contributed by atoms with Gasteiger partial charge in [-0.25, -0.2) is 4.39 Å². The van der Waals surface area contributed by atoms with Gasteiger partial charge >= 0.3 is 0 Å². The smallest absolute Gasteiger partial charge is 0.136 e. The van der Waals surface area contributed by atoms with Crippen molar-refractivity contribution in [3.8, 4) is 0 Å². The summed E-state index contributed by atoms with van der Waals surface area (Å²) in [7, 11) is -1.68. The normalized spacial score (nSPS) is 11.1. The Morgan fingerprint density at radius 2 is 1.53 bits per heavy atom. The van der Waals surface area contributed by atoms with E-state index in [-0.39, 0.29) is 5.82 Å². The predicted octanol–water partition coefficient (Wildman–Crippen LogP) is 2.60. The highest BCUT2D eigenvalue weighted by Crippen LogP contribution is 2.19. The lowest BCUT2D eigenvalue weighted by Crippen LogP contribution is -2.06. The van der Waals surface area contributed by atoms with E-state index in [0.717, 1.165) is 5.30 Å². The van der Waals surface area contributed by atoms with Gasteiger partial charge in [0.2, 0.25) is 0 Å². The van der Waals surface area contributed by atoms with Gasteiger partial charge in [-0.2, -0.15) is 0 Å². The van der Waals surface area contributed by atoms with E-state index in [9.17, 15) is 8.96 Å². The van der Waals surface area contributed by atoms with E-state index in [2.05, 4.69) is 0 Å². The molecule has 1 radical (unpaired) electrons. The molecule has 1 atom stereocenters. The lowest BCUT2D eigenvalue weighted by atomic mass is 10.3. The lowest BCUT2D eigenvalue weighted by Gasteiger charge is -2.00. The lowest BCUT2D eigenvalue weighted by molar-refractivity contribution is 0.597. The van der Waals surface area contributed by atoms with Gasteiger partial charge in [-0.1, -0.05) is 24.3 Å². The van der Waals surface area contributed by atoms with E-state index >= 15 is 0 Å². The largest absolute Gasteiger partial charge is 0.277 e. The van der Waals surface area contributed by atoms with Crippen molar-refractivity contribution in [2.75, 3.05) is 0 Å². The van der Waals surface area contributed by atoms with Crippen molar-refractivity contribution in [1.82, 2.24) is 0 Å². The zero-order chi connectivity index (χ0) is 10.7. The van der Waals surface area contributed by atoms with Crippen molar-refractivity contribution in [2.45, 2.75) is 0 Å². The van der Waals surface area contributed by atoms with Gasteiger partial charge in [0, 0.05) is 10.6 Å². The van der Waals surface area contributed by atoms with Crippen molar-refractivity contribution >= 4 is 18.4 Å². The third-order valence-corrected chi connectivity index (χ3v) is 3.55. The van der Waals surface area contributed by atoms with Crippen molar-refractivity contribution in [3.05, 3.63) is 60.4 Å². The summed E-state index contributed by atoms with van der Waals surface area (Å²) in [6.45, 7) is 0. The van der Waals surface area contributed by atoms with E-state index in [1.54, 1.807) is 24.3 Å². The highest BCUT2D eigenvalue weighted by molar-refractivity contribution is 7.61. The molecule has 0 aliphatic carbocycles. The summed E-state index contributed by atoms with van der Waals surface area (Å²) in [5.41, 5.74) is 0. The van der Waals surface area contributed by atoms with Crippen molar-refractivity contribution in [3.63, 3.8) is 0 Å². The number of rotatable bonds is 2. The monoisotopic (exact) mass is 219 g/mol. The Morgan fingerprint density at radius 3 is 2.20 bits per heavy atom. The summed E-state index contributed by atoms with van der Waals surface area (Å²) in [5.74, 6) is -0.355. The molecule has 0 aromatic heterocycles. The molecule has 0 saturated heterocycles. The first-order valence-corrected chi connectivity index (χ1v) is 5.81. The van der Waals surface area contributed by atoms with E-state index in [1.807, 2.05) is 18.2 Å². The molecule has 2 rings (SSSR count). The molecule has 2 aromatic rings. The van der Waals surface area contributed by atoms with Crippen molar-refractivity contribution in [1.29, 1.82) is 0 Å². The Balaban J connectivity index is 2.37. The van der Waals surface area contributed by atoms with Crippen LogP contribution in [0.5, 0.6) is 0 Å². The Morgan fingerprint density at radius 1 is 0.867 bits per heavy atom. The van der Waals surface area contributed by atoms with Crippen molar-refractivity contribution < 1.29 is 8.96 Å². The van der Waals surface area contributed by atoms with Crippen LogP contribution in [0.4, 0.5) is 4.39 Å². The zero-order valence-electron chi connectivity index (χ0n) is 7.93. The van der Waals surface area contributed by atoms with Crippen molar-refractivity contribution in [2.24, 2.45) is 0 Å². The van der Waals surface area contributed by atoms with Gasteiger partial charge in [0.05, 0.1) is 0 Å². The van der Waals surface area contributed by atoms with Gasteiger partial charge in [-0.3, -0.25) is 4.57 Å². The second kappa shape index (κ2) is 4.33. The van der Waals surface area contributed by atoms with Gasteiger partial charge in [0.25, 0.3) is 0 Å². The minimum absolute atomic E-state index is 0.355. The summed E-state index contributed by atoms with van der Waals surface area (Å²) in [6.07, 6.45) is 0. The summed E-state index contributed by atoms with van der Waals surface area (Å²) in [5, 5.41) is 1.24. The van der Waals surface area contributed by atoms with Gasteiger partial charge in [-0.15, -0.1) is 0 Å². The van der Waals surface area contributed by atoms with Gasteiger partial charge in [0.15, 0.2) is 0 Å². The summed E-state index contributed by atoms with van der Waals surface area (Å²) in [4.78, 5) is 0. The molecule has 1 nitrogen and oxygen atoms in total. The van der Waals surface area contributed by atoms with E-state index < -0.39 is 7.80 Å². The maximum absolute atomic E-state index is 12.9. The number of benzene rings is 2. The first kappa shape index (κ1) is 10.0. The molecule has 0 aliphatic heterocycles. The van der Waals surface area contributed by atoms with E-state index in [0.29, 0.717) is 5.30 Å². The minimum Gasteiger partial charge on any atom is -0.277 e. The van der Waals surface area contributed by atoms with Crippen LogP contribution in [0.25, 0.3) is 0 Å². The van der Waals surface area contributed by atoms with E-state index in [4.69, 9.17) is 0 Å². The maximum Gasteiger partial charge on any atom is 0.136 e. The standard InChI is InChI=1S/C12H9FOP/c13-10-5-4-8-12(9-10)15(14)11-6-2-1-3-7-11/h1-9H. The van der Waals surface area contributed by atoms with Gasteiger partial charge in [-0.05, 0) is 30.3 Å². The topological polar surface area (TPSA) is 17.1 Å². The molecule has 0 heterocycles. The fourth-order valence-electron chi connectivity index (χ4n) is 1.31. The molecule has 2 aromatic carbocycles. The Hall–Kier alpha value is -1.53. The molecule has 0 spiro atoms. The van der Waals surface area contributed by atoms with Crippen LogP contribution in [0.15, 0.2) is 54.6 Å². The zero-order valence-corrected chi connectivity index (χ0v) is 8.82. The van der Waals surface area contributed by atoms with E-state index in [1.165, 1.54) is 12.1 Å². The third kappa shape index (κ3) is 2.28. The molecule has 0 bridgehead atoms. The highest BCUT2D eigenvalue weighted by Gasteiger charge is 2.07. The average Bonchev–Trinajstić information content (AvgIpc) is 2.29. The number of hydrogen-bond acceptors (Lipinski definition) is 1. The minimum atomic E-state index is -1.68. The SMILES string of the molecule is O=[P](c1ccccc1)c1cccc(F)c1. The maximum atomic E-state index is 12.9. The molecule has 0 saturated carbocycles. The molecule has 0 N–H and O–H groups in total. The molecule has 0 amide bonds. The number of halogens is 1. The summed E-state index contributed by atoms with van der Waals surface area (Å²) >= 11 is 0. The van der Waals surface area contributed by atoms with Gasteiger partial charge < -0.3 is 0 Å². The average molecular weight is 219 g/mol. The van der Waals surface area contributed by atoms with Crippen LogP contribution in [-0.4, -0.2) is 0 Å². The fourth-order valence-corrected chi connectivity index (χ4v) is 2.52. The fraction of sp³-hybridized carbons (Fsp3) is 0. The molecular formula is C12H9FOP. The first-order chi connectivity index (χ1) is 7.27. The molecule has 75 valence electrons. The number of hydrogen-bond donors (Lipinski definition) is 0. The van der Waals surface area contributed by atoms with Crippen LogP contribution < -0.4 is 10.6 Å². The van der Waals surface area contributed by atoms with Crippen LogP contribution in [0.3, 0.4) is 0 Å². The quantitative estimate of drug-likeness (QED) is 0.709. The molecule has 0 fully saturated rings. The molecule has 1 unspecified atom stereocenters. The van der Waals surface area contributed by atoms with Crippen LogP contribution >= 0.6 is 7.80 Å². The van der Waals surface area contributed by atoms with Crippen LogP contribution in [0.2, 0.25) is 0 Å². The highest BCUT2D eigenvalue weighted by atomic mass is 31.1.